The summed E-state index contributed by atoms with van der Waals surface area (Å²) in [6, 6.07) is 5.74. The van der Waals surface area contributed by atoms with Crippen molar-refractivity contribution in [3.63, 3.8) is 0 Å². The first-order valence-electron chi connectivity index (χ1n) is 8.69. The van der Waals surface area contributed by atoms with E-state index in [0.29, 0.717) is 39.4 Å². The quantitative estimate of drug-likeness (QED) is 0.841. The summed E-state index contributed by atoms with van der Waals surface area (Å²) in [5.74, 6) is 1.92. The average molecular weight is 333 g/mol. The number of carbonyl (C=O) groups is 1. The predicted molar refractivity (Wildman–Crippen MR) is 86.1 cm³/mol. The molecule has 3 heterocycles. The Kier molecular flexibility index (Phi) is 4.58. The molecule has 0 saturated carbocycles. The van der Waals surface area contributed by atoms with Crippen LogP contribution in [0, 0.1) is 5.92 Å². The molecule has 2 saturated heterocycles. The molecule has 1 aromatic rings. The number of fused-ring (bicyclic) bond motifs is 1. The summed E-state index contributed by atoms with van der Waals surface area (Å²) in [5, 5.41) is 0. The molecular formula is C18H23NO5. The Morgan fingerprint density at radius 3 is 2.71 bits per heavy atom. The van der Waals surface area contributed by atoms with Gasteiger partial charge in [0.15, 0.2) is 17.8 Å². The fourth-order valence-corrected chi connectivity index (χ4v) is 3.59. The topological polar surface area (TPSA) is 57.2 Å². The van der Waals surface area contributed by atoms with Gasteiger partial charge in [0.05, 0.1) is 19.6 Å². The Morgan fingerprint density at radius 1 is 1.08 bits per heavy atom. The molecule has 2 fully saturated rings. The molecule has 3 aliphatic rings. The summed E-state index contributed by atoms with van der Waals surface area (Å²) >= 11 is 0. The lowest BCUT2D eigenvalue weighted by Gasteiger charge is -2.34. The molecule has 1 amide bonds. The average Bonchev–Trinajstić information content (AvgIpc) is 3.16. The number of nitrogens with zero attached hydrogens (tertiary/aromatic N) is 1. The molecule has 1 aromatic carbocycles. The van der Waals surface area contributed by atoms with Gasteiger partial charge in [-0.15, -0.1) is 0 Å². The van der Waals surface area contributed by atoms with E-state index in [2.05, 4.69) is 0 Å². The van der Waals surface area contributed by atoms with Crippen molar-refractivity contribution in [2.45, 2.75) is 25.6 Å². The Labute approximate surface area is 141 Å². The fourth-order valence-electron chi connectivity index (χ4n) is 3.59. The van der Waals surface area contributed by atoms with Crippen LogP contribution >= 0.6 is 0 Å². The van der Waals surface area contributed by atoms with Crippen LogP contribution in [-0.2, 0) is 20.7 Å². The van der Waals surface area contributed by atoms with E-state index in [9.17, 15) is 4.79 Å². The van der Waals surface area contributed by atoms with E-state index < -0.39 is 0 Å². The minimum atomic E-state index is -0.144. The Hall–Kier alpha value is -1.79. The second kappa shape index (κ2) is 6.99. The molecule has 6 heteroatoms. The molecule has 0 N–H and O–H groups in total. The second-order valence-electron chi connectivity index (χ2n) is 6.51. The minimum absolute atomic E-state index is 0.144. The zero-order valence-corrected chi connectivity index (χ0v) is 13.7. The van der Waals surface area contributed by atoms with Gasteiger partial charge < -0.3 is 23.8 Å². The summed E-state index contributed by atoms with van der Waals surface area (Å²) in [6.07, 6.45) is 2.30. The molecule has 0 radical (unpaired) electrons. The number of ether oxygens (including phenoxy) is 4. The van der Waals surface area contributed by atoms with Crippen LogP contribution in [0.5, 0.6) is 11.5 Å². The lowest BCUT2D eigenvalue weighted by atomic mass is 9.96. The van der Waals surface area contributed by atoms with Gasteiger partial charge in [0, 0.05) is 19.0 Å². The molecule has 1 atom stereocenters. The zero-order valence-electron chi connectivity index (χ0n) is 13.7. The van der Waals surface area contributed by atoms with Gasteiger partial charge in [-0.25, -0.2) is 0 Å². The minimum Gasteiger partial charge on any atom is -0.486 e. The van der Waals surface area contributed by atoms with Crippen molar-refractivity contribution in [2.24, 2.45) is 5.92 Å². The highest BCUT2D eigenvalue weighted by molar-refractivity contribution is 5.79. The molecule has 6 nitrogen and oxygen atoms in total. The van der Waals surface area contributed by atoms with E-state index in [0.717, 1.165) is 36.4 Å². The lowest BCUT2D eigenvalue weighted by molar-refractivity contribution is -0.138. The van der Waals surface area contributed by atoms with Crippen molar-refractivity contribution >= 4 is 5.91 Å². The molecule has 0 spiro atoms. The number of carbonyl (C=O) groups excluding carboxylic acids is 1. The van der Waals surface area contributed by atoms with Gasteiger partial charge in [-0.2, -0.15) is 0 Å². The third-order valence-electron chi connectivity index (χ3n) is 4.80. The van der Waals surface area contributed by atoms with E-state index >= 15 is 0 Å². The van der Waals surface area contributed by atoms with Crippen LogP contribution in [-0.4, -0.2) is 56.6 Å². The summed E-state index contributed by atoms with van der Waals surface area (Å²) in [6.45, 7) is 3.98. The maximum Gasteiger partial charge on any atom is 0.227 e. The first-order valence-corrected chi connectivity index (χ1v) is 8.69. The highest BCUT2D eigenvalue weighted by Gasteiger charge is 2.32. The molecule has 0 bridgehead atoms. The van der Waals surface area contributed by atoms with Gasteiger partial charge in [-0.3, -0.25) is 4.79 Å². The summed E-state index contributed by atoms with van der Waals surface area (Å²) in [4.78, 5) is 14.6. The number of benzene rings is 1. The zero-order chi connectivity index (χ0) is 16.4. The van der Waals surface area contributed by atoms with Gasteiger partial charge in [-0.05, 0) is 30.5 Å². The largest absolute Gasteiger partial charge is 0.486 e. The monoisotopic (exact) mass is 333 g/mol. The van der Waals surface area contributed by atoms with Crippen molar-refractivity contribution in [2.75, 3.05) is 39.5 Å². The van der Waals surface area contributed by atoms with Gasteiger partial charge in [0.1, 0.15) is 13.2 Å². The van der Waals surface area contributed by atoms with Crippen molar-refractivity contribution in [3.8, 4) is 11.5 Å². The number of rotatable bonds is 3. The molecule has 130 valence electrons. The first kappa shape index (κ1) is 15.7. The Morgan fingerprint density at radius 2 is 1.88 bits per heavy atom. The standard InChI is InChI=1S/C18H23NO5/c20-17(11-13-3-4-15-16(10-13)22-7-6-21-15)19-5-1-2-14(12-19)18-23-8-9-24-18/h3-4,10,14,18H,1-2,5-9,11-12H2. The van der Waals surface area contributed by atoms with E-state index in [1.54, 1.807) is 0 Å². The number of likely N-dealkylation sites (tertiary alicyclic amines) is 1. The van der Waals surface area contributed by atoms with Crippen molar-refractivity contribution < 1.29 is 23.7 Å². The second-order valence-corrected chi connectivity index (χ2v) is 6.51. The summed E-state index contributed by atoms with van der Waals surface area (Å²) in [7, 11) is 0. The van der Waals surface area contributed by atoms with Crippen LogP contribution in [0.4, 0.5) is 0 Å². The van der Waals surface area contributed by atoms with Gasteiger partial charge in [0.25, 0.3) is 0 Å². The Bertz CT molecular complexity index is 599. The van der Waals surface area contributed by atoms with E-state index in [4.69, 9.17) is 18.9 Å². The van der Waals surface area contributed by atoms with Crippen LogP contribution in [0.25, 0.3) is 0 Å². The van der Waals surface area contributed by atoms with Gasteiger partial charge in [0.2, 0.25) is 5.91 Å². The predicted octanol–water partition coefficient (Wildman–Crippen LogP) is 1.61. The highest BCUT2D eigenvalue weighted by Crippen LogP contribution is 2.31. The van der Waals surface area contributed by atoms with E-state index in [1.165, 1.54) is 0 Å². The van der Waals surface area contributed by atoms with Crippen LogP contribution in [0.3, 0.4) is 0 Å². The molecule has 3 aliphatic heterocycles. The molecule has 24 heavy (non-hydrogen) atoms. The highest BCUT2D eigenvalue weighted by atomic mass is 16.7. The number of amides is 1. The summed E-state index contributed by atoms with van der Waals surface area (Å²) < 4.78 is 22.3. The first-order chi connectivity index (χ1) is 11.8. The SMILES string of the molecule is O=C(Cc1ccc2c(c1)OCCO2)N1CCCC(C2OCCO2)C1. The molecular weight excluding hydrogens is 310 g/mol. The maximum atomic E-state index is 12.7. The van der Waals surface area contributed by atoms with Crippen LogP contribution in [0.2, 0.25) is 0 Å². The fraction of sp³-hybridized carbons (Fsp3) is 0.611. The van der Waals surface area contributed by atoms with Crippen LogP contribution in [0.1, 0.15) is 18.4 Å². The Balaban J connectivity index is 1.38. The third-order valence-corrected chi connectivity index (χ3v) is 4.80. The van der Waals surface area contributed by atoms with E-state index in [1.807, 2.05) is 23.1 Å². The van der Waals surface area contributed by atoms with Crippen molar-refractivity contribution in [1.82, 2.24) is 4.90 Å². The van der Waals surface area contributed by atoms with Crippen molar-refractivity contribution in [1.29, 1.82) is 0 Å². The smallest absolute Gasteiger partial charge is 0.227 e. The molecule has 0 aromatic heterocycles. The van der Waals surface area contributed by atoms with Crippen LogP contribution < -0.4 is 9.47 Å². The number of hydrogen-bond donors (Lipinski definition) is 0. The third kappa shape index (κ3) is 3.35. The van der Waals surface area contributed by atoms with E-state index in [-0.39, 0.29) is 18.1 Å². The summed E-state index contributed by atoms with van der Waals surface area (Å²) in [5.41, 5.74) is 0.958. The normalized spacial score (nSPS) is 24.2. The van der Waals surface area contributed by atoms with Gasteiger partial charge >= 0.3 is 0 Å². The number of hydrogen-bond acceptors (Lipinski definition) is 5. The molecule has 1 unspecified atom stereocenters. The van der Waals surface area contributed by atoms with Crippen molar-refractivity contribution in [3.05, 3.63) is 23.8 Å². The van der Waals surface area contributed by atoms with Gasteiger partial charge in [-0.1, -0.05) is 6.07 Å². The molecule has 0 aliphatic carbocycles. The maximum absolute atomic E-state index is 12.7. The number of piperidine rings is 1. The molecule has 4 rings (SSSR count). The van der Waals surface area contributed by atoms with Crippen LogP contribution in [0.15, 0.2) is 18.2 Å². The lowest BCUT2D eigenvalue weighted by Crippen LogP contribution is -2.44.